The second-order valence-corrected chi connectivity index (χ2v) is 15.6. The predicted molar refractivity (Wildman–Crippen MR) is 172 cm³/mol. The van der Waals surface area contributed by atoms with Crippen LogP contribution in [0.2, 0.25) is 5.02 Å². The summed E-state index contributed by atoms with van der Waals surface area (Å²) >= 11 is 6.39. The minimum Gasteiger partial charge on any atom is -0.490 e. The molecule has 1 spiro atoms. The molecule has 2 heterocycles. The highest BCUT2D eigenvalue weighted by atomic mass is 35.5. The third-order valence-corrected chi connectivity index (χ3v) is 12.5. The number of carbonyl (C=O) groups is 2. The molecule has 2 aromatic carbocycles. The first-order valence-electron chi connectivity index (χ1n) is 15.8. The van der Waals surface area contributed by atoms with Crippen LogP contribution in [0.25, 0.3) is 0 Å². The fraction of sp³-hybridized carbons (Fsp3) is 0.529. The Hall–Kier alpha value is -3.08. The second kappa shape index (κ2) is 12.6. The third-order valence-electron chi connectivity index (χ3n) is 10.4. The fourth-order valence-corrected chi connectivity index (χ4v) is 9.47. The minimum absolute atomic E-state index is 0.0477. The molecule has 4 aliphatic rings. The van der Waals surface area contributed by atoms with Crippen LogP contribution < -0.4 is 14.4 Å². The minimum atomic E-state index is -4.28. The number of nitrogens with zero attached hydrogens (tertiary/aromatic N) is 1. The van der Waals surface area contributed by atoms with E-state index in [-0.39, 0.29) is 22.8 Å². The summed E-state index contributed by atoms with van der Waals surface area (Å²) in [6.45, 7) is 3.48. The molecule has 9 nitrogen and oxygen atoms in total. The Morgan fingerprint density at radius 1 is 1.22 bits per heavy atom. The lowest BCUT2D eigenvalue weighted by molar-refractivity contribution is -0.140. The summed E-state index contributed by atoms with van der Waals surface area (Å²) in [6.07, 6.45) is 7.49. The number of sulfonamides is 1. The zero-order chi connectivity index (χ0) is 31.9. The van der Waals surface area contributed by atoms with Crippen molar-refractivity contribution in [2.75, 3.05) is 31.7 Å². The topological polar surface area (TPSA) is 122 Å². The van der Waals surface area contributed by atoms with E-state index < -0.39 is 45.6 Å². The molecular weight excluding hydrogens is 616 g/mol. The molecule has 2 N–H and O–H groups in total. The molecule has 0 aromatic heterocycles. The molecule has 0 saturated heterocycles. The normalized spacial score (nSPS) is 31.7. The average Bonchev–Trinajstić information content (AvgIpc) is 3.13. The standard InChI is InChI=1S/C34H41ClN2O7S/c1-21-5-3-7-29(38)26-11-8-24(26)18-37-19-34(14-4-6-22-15-25(35)10-12-27(22)34)20-44-30-13-9-23(16-28(30)37)33(40)36-45(41,42)31(21)17-32(39)43-2/h3,7,9-10,12-13,15-16,21,24,26,29,31,38H,4-6,8,11,14,17-20H2,1-2H3,(H,36,40)/b7-3+/t21-,24-,26+,29-,31-,34-/m0/s1. The van der Waals surface area contributed by atoms with Gasteiger partial charge < -0.3 is 19.5 Å². The van der Waals surface area contributed by atoms with E-state index in [9.17, 15) is 23.1 Å². The first-order valence-corrected chi connectivity index (χ1v) is 17.7. The van der Waals surface area contributed by atoms with Gasteiger partial charge in [-0.2, -0.15) is 0 Å². The summed E-state index contributed by atoms with van der Waals surface area (Å²) in [5.74, 6) is -1.08. The van der Waals surface area contributed by atoms with Crippen molar-refractivity contribution in [1.82, 2.24) is 4.72 Å². The van der Waals surface area contributed by atoms with Crippen LogP contribution in [0, 0.1) is 17.8 Å². The first kappa shape index (κ1) is 31.9. The number of aryl methyl sites for hydroxylation is 1. The van der Waals surface area contributed by atoms with Crippen LogP contribution in [0.1, 0.15) is 66.9 Å². The Bertz CT molecular complexity index is 1610. The van der Waals surface area contributed by atoms with Crippen molar-refractivity contribution in [3.05, 3.63) is 70.3 Å². The number of carbonyl (C=O) groups excluding carboxylic acids is 2. The number of methoxy groups -OCH3 is 1. The lowest BCUT2D eigenvalue weighted by atomic mass is 9.68. The average molecular weight is 657 g/mol. The SMILES string of the molecule is COC(=O)C[C@H]1[C@@H](C)C/C=C/[C@H](O)[C@@H]2CC[C@H]2CN2C[C@@]3(CCCc4cc(Cl)ccc43)COc3ccc(cc32)C(=O)NS1(=O)=O. The van der Waals surface area contributed by atoms with E-state index >= 15 is 0 Å². The van der Waals surface area contributed by atoms with Gasteiger partial charge >= 0.3 is 5.97 Å². The number of amides is 1. The van der Waals surface area contributed by atoms with Gasteiger partial charge in [-0.05, 0) is 97.7 Å². The number of benzene rings is 2. The van der Waals surface area contributed by atoms with Gasteiger partial charge in [0, 0.05) is 29.1 Å². The number of ether oxygens (including phenoxy) is 2. The molecule has 1 amide bonds. The first-order chi connectivity index (χ1) is 21.5. The maximum absolute atomic E-state index is 13.6. The summed E-state index contributed by atoms with van der Waals surface area (Å²) in [6, 6.07) is 11.1. The highest BCUT2D eigenvalue weighted by Crippen LogP contribution is 2.46. The van der Waals surface area contributed by atoms with Gasteiger partial charge in [-0.15, -0.1) is 0 Å². The Balaban J connectivity index is 1.41. The molecule has 1 saturated carbocycles. The molecular formula is C34H41ClN2O7S. The Morgan fingerprint density at radius 2 is 2.04 bits per heavy atom. The molecule has 2 aliphatic heterocycles. The molecule has 45 heavy (non-hydrogen) atoms. The number of aliphatic hydroxyl groups excluding tert-OH is 1. The largest absolute Gasteiger partial charge is 0.490 e. The highest BCUT2D eigenvalue weighted by molar-refractivity contribution is 7.90. The molecule has 6 atom stereocenters. The highest BCUT2D eigenvalue weighted by Gasteiger charge is 2.44. The van der Waals surface area contributed by atoms with Crippen LogP contribution in [0.15, 0.2) is 48.6 Å². The maximum atomic E-state index is 13.6. The van der Waals surface area contributed by atoms with Crippen molar-refractivity contribution >= 4 is 39.2 Å². The van der Waals surface area contributed by atoms with Gasteiger partial charge in [0.05, 0.1) is 37.2 Å². The quantitative estimate of drug-likeness (QED) is 0.350. The Morgan fingerprint density at radius 3 is 2.80 bits per heavy atom. The van der Waals surface area contributed by atoms with Crippen LogP contribution >= 0.6 is 11.6 Å². The Kier molecular flexibility index (Phi) is 8.93. The molecule has 2 aromatic rings. The van der Waals surface area contributed by atoms with Crippen molar-refractivity contribution in [3.8, 4) is 5.75 Å². The van der Waals surface area contributed by atoms with Crippen LogP contribution in [-0.4, -0.2) is 63.6 Å². The van der Waals surface area contributed by atoms with Gasteiger partial charge in [0.2, 0.25) is 10.0 Å². The Labute approximate surface area is 270 Å². The monoisotopic (exact) mass is 656 g/mol. The number of halogens is 1. The van der Waals surface area contributed by atoms with Gasteiger partial charge in [-0.25, -0.2) is 13.1 Å². The lowest BCUT2D eigenvalue weighted by Gasteiger charge is -2.45. The van der Waals surface area contributed by atoms with E-state index in [1.54, 1.807) is 37.3 Å². The molecule has 6 rings (SSSR count). The zero-order valence-corrected chi connectivity index (χ0v) is 27.3. The summed E-state index contributed by atoms with van der Waals surface area (Å²) in [7, 11) is -3.08. The molecule has 0 radical (unpaired) electrons. The number of esters is 1. The number of fused-ring (bicyclic) bond motifs is 4. The number of rotatable bonds is 2. The summed E-state index contributed by atoms with van der Waals surface area (Å²) in [5, 5.41) is 10.7. The van der Waals surface area contributed by atoms with Gasteiger partial charge in [0.1, 0.15) is 5.75 Å². The number of hydrogen-bond donors (Lipinski definition) is 2. The molecule has 242 valence electrons. The zero-order valence-electron chi connectivity index (χ0n) is 25.7. The summed E-state index contributed by atoms with van der Waals surface area (Å²) < 4.78 is 40.7. The van der Waals surface area contributed by atoms with Crippen molar-refractivity contribution in [2.24, 2.45) is 17.8 Å². The molecule has 0 unspecified atom stereocenters. The lowest BCUT2D eigenvalue weighted by Crippen LogP contribution is -2.49. The van der Waals surface area contributed by atoms with Gasteiger partial charge in [-0.3, -0.25) is 9.59 Å². The van der Waals surface area contributed by atoms with E-state index in [4.69, 9.17) is 21.1 Å². The predicted octanol–water partition coefficient (Wildman–Crippen LogP) is 4.79. The molecule has 1 fully saturated rings. The summed E-state index contributed by atoms with van der Waals surface area (Å²) in [4.78, 5) is 28.0. The fourth-order valence-electron chi connectivity index (χ4n) is 7.66. The van der Waals surface area contributed by atoms with Crippen molar-refractivity contribution in [2.45, 2.75) is 68.6 Å². The number of hydrogen-bond acceptors (Lipinski definition) is 8. The van der Waals surface area contributed by atoms with E-state index in [1.807, 2.05) is 12.1 Å². The summed E-state index contributed by atoms with van der Waals surface area (Å²) in [5.41, 5.74) is 3.04. The van der Waals surface area contributed by atoms with E-state index in [2.05, 4.69) is 15.7 Å². The van der Waals surface area contributed by atoms with Crippen molar-refractivity contribution in [3.63, 3.8) is 0 Å². The van der Waals surface area contributed by atoms with E-state index in [0.29, 0.717) is 36.9 Å². The van der Waals surface area contributed by atoms with Crippen molar-refractivity contribution < 1.29 is 32.6 Å². The second-order valence-electron chi connectivity index (χ2n) is 13.2. The molecule has 2 bridgehead atoms. The van der Waals surface area contributed by atoms with Crippen LogP contribution in [0.3, 0.4) is 0 Å². The number of aliphatic hydroxyl groups is 1. The smallest absolute Gasteiger partial charge is 0.306 e. The van der Waals surface area contributed by atoms with Crippen LogP contribution in [0.4, 0.5) is 5.69 Å². The number of anilines is 1. The van der Waals surface area contributed by atoms with Crippen molar-refractivity contribution in [1.29, 1.82) is 0 Å². The molecule has 2 aliphatic carbocycles. The maximum Gasteiger partial charge on any atom is 0.306 e. The van der Waals surface area contributed by atoms with Crippen LogP contribution in [0.5, 0.6) is 5.75 Å². The van der Waals surface area contributed by atoms with E-state index in [1.165, 1.54) is 18.2 Å². The van der Waals surface area contributed by atoms with Gasteiger partial charge in [0.25, 0.3) is 5.91 Å². The third kappa shape index (κ3) is 6.33. The van der Waals surface area contributed by atoms with E-state index in [0.717, 1.165) is 37.8 Å². The van der Waals surface area contributed by atoms with Gasteiger partial charge in [-0.1, -0.05) is 36.7 Å². The van der Waals surface area contributed by atoms with Crippen LogP contribution in [-0.2, 0) is 31.4 Å². The number of nitrogens with one attached hydrogen (secondary N) is 1. The number of allylic oxidation sites excluding steroid dienone is 1. The molecule has 11 heteroatoms. The van der Waals surface area contributed by atoms with Gasteiger partial charge in [0.15, 0.2) is 0 Å².